The maximum Gasteiger partial charge on any atom is 0.119 e. The normalized spacial score (nSPS) is 10.6. The summed E-state index contributed by atoms with van der Waals surface area (Å²) in [5.41, 5.74) is 4.78. The summed E-state index contributed by atoms with van der Waals surface area (Å²) in [7, 11) is 1.64. The number of hydrogen-bond acceptors (Lipinski definition) is 3. The lowest BCUT2D eigenvalue weighted by atomic mass is 10.2. The van der Waals surface area contributed by atoms with Crippen LogP contribution in [0.25, 0.3) is 0 Å². The number of hydrogen-bond donors (Lipinski definition) is 1. The zero-order valence-corrected chi connectivity index (χ0v) is 10.7. The molecule has 0 fully saturated rings. The van der Waals surface area contributed by atoms with Crippen LogP contribution in [0.4, 0.5) is 5.69 Å². The quantitative estimate of drug-likeness (QED) is 0.670. The molecule has 0 atom stereocenters. The van der Waals surface area contributed by atoms with Crippen LogP contribution in [0.2, 0.25) is 5.02 Å². The lowest BCUT2D eigenvalue weighted by Gasteiger charge is -2.01. The number of benzene rings is 2. The Kier molecular flexibility index (Phi) is 4.20. The van der Waals surface area contributed by atoms with Crippen LogP contribution in [-0.2, 0) is 0 Å². The molecule has 2 aromatic rings. The van der Waals surface area contributed by atoms with Crippen LogP contribution in [0.3, 0.4) is 0 Å². The second kappa shape index (κ2) is 6.07. The van der Waals surface area contributed by atoms with Crippen LogP contribution in [0, 0.1) is 0 Å². The average molecular weight is 261 g/mol. The van der Waals surface area contributed by atoms with E-state index in [9.17, 15) is 0 Å². The number of nitrogens with one attached hydrogen (secondary N) is 1. The highest BCUT2D eigenvalue weighted by molar-refractivity contribution is 6.30. The number of anilines is 1. The molecule has 0 aromatic heterocycles. The third-order valence-corrected chi connectivity index (χ3v) is 2.60. The van der Waals surface area contributed by atoms with Gasteiger partial charge in [-0.2, -0.15) is 5.10 Å². The monoisotopic (exact) mass is 260 g/mol. The van der Waals surface area contributed by atoms with E-state index in [-0.39, 0.29) is 0 Å². The second-order valence-corrected chi connectivity index (χ2v) is 4.09. The fraction of sp³-hybridized carbons (Fsp3) is 0.0714. The van der Waals surface area contributed by atoms with Crippen molar-refractivity contribution in [3.05, 3.63) is 59.1 Å². The molecule has 0 saturated carbocycles. The average Bonchev–Trinajstić information content (AvgIpc) is 2.41. The minimum Gasteiger partial charge on any atom is -0.497 e. The van der Waals surface area contributed by atoms with E-state index in [0.717, 1.165) is 17.0 Å². The van der Waals surface area contributed by atoms with Crippen LogP contribution >= 0.6 is 11.6 Å². The first kappa shape index (κ1) is 12.5. The van der Waals surface area contributed by atoms with Gasteiger partial charge in [0.15, 0.2) is 0 Å². The van der Waals surface area contributed by atoms with Gasteiger partial charge in [0.05, 0.1) is 19.0 Å². The maximum atomic E-state index is 5.79. The van der Waals surface area contributed by atoms with Crippen molar-refractivity contribution in [1.29, 1.82) is 0 Å². The van der Waals surface area contributed by atoms with E-state index in [4.69, 9.17) is 16.3 Å². The van der Waals surface area contributed by atoms with E-state index in [1.54, 1.807) is 13.3 Å². The van der Waals surface area contributed by atoms with Crippen molar-refractivity contribution in [2.24, 2.45) is 5.10 Å². The van der Waals surface area contributed by atoms with Crippen molar-refractivity contribution in [3.63, 3.8) is 0 Å². The van der Waals surface area contributed by atoms with Gasteiger partial charge in [-0.05, 0) is 42.0 Å². The van der Waals surface area contributed by atoms with Crippen molar-refractivity contribution >= 4 is 23.5 Å². The lowest BCUT2D eigenvalue weighted by molar-refractivity contribution is 0.415. The first-order chi connectivity index (χ1) is 8.78. The largest absolute Gasteiger partial charge is 0.497 e. The molecular weight excluding hydrogens is 248 g/mol. The van der Waals surface area contributed by atoms with E-state index >= 15 is 0 Å². The molecule has 0 aliphatic carbocycles. The summed E-state index contributed by atoms with van der Waals surface area (Å²) >= 11 is 5.79. The van der Waals surface area contributed by atoms with Crippen molar-refractivity contribution in [3.8, 4) is 5.75 Å². The van der Waals surface area contributed by atoms with Gasteiger partial charge in [-0.1, -0.05) is 23.7 Å². The fourth-order valence-electron chi connectivity index (χ4n) is 1.43. The van der Waals surface area contributed by atoms with Crippen molar-refractivity contribution in [2.45, 2.75) is 0 Å². The predicted molar refractivity (Wildman–Crippen MR) is 75.7 cm³/mol. The summed E-state index contributed by atoms with van der Waals surface area (Å²) in [6, 6.07) is 15.0. The van der Waals surface area contributed by atoms with Gasteiger partial charge >= 0.3 is 0 Å². The second-order valence-electron chi connectivity index (χ2n) is 3.65. The Labute approximate surface area is 111 Å². The number of rotatable bonds is 4. The molecule has 92 valence electrons. The predicted octanol–water partition coefficient (Wildman–Crippen LogP) is 3.79. The molecule has 0 saturated heterocycles. The molecule has 2 aromatic carbocycles. The third kappa shape index (κ3) is 3.50. The van der Waals surface area contributed by atoms with E-state index < -0.39 is 0 Å². The van der Waals surface area contributed by atoms with Gasteiger partial charge in [-0.3, -0.25) is 5.43 Å². The summed E-state index contributed by atoms with van der Waals surface area (Å²) in [4.78, 5) is 0. The molecule has 0 unspecified atom stereocenters. The zero-order valence-electron chi connectivity index (χ0n) is 9.93. The zero-order chi connectivity index (χ0) is 12.8. The van der Waals surface area contributed by atoms with Crippen LogP contribution in [0.15, 0.2) is 53.6 Å². The van der Waals surface area contributed by atoms with Crippen molar-refractivity contribution in [2.75, 3.05) is 12.5 Å². The van der Waals surface area contributed by atoms with E-state index in [1.807, 2.05) is 48.5 Å². The maximum absolute atomic E-state index is 5.79. The van der Waals surface area contributed by atoms with Crippen LogP contribution < -0.4 is 10.2 Å². The Balaban J connectivity index is 2.00. The van der Waals surface area contributed by atoms with Crippen LogP contribution in [-0.4, -0.2) is 13.3 Å². The highest BCUT2D eigenvalue weighted by Gasteiger charge is 1.92. The van der Waals surface area contributed by atoms with E-state index in [0.29, 0.717) is 5.02 Å². The van der Waals surface area contributed by atoms with Gasteiger partial charge in [-0.25, -0.2) is 0 Å². The summed E-state index contributed by atoms with van der Waals surface area (Å²) in [6.07, 6.45) is 1.73. The Bertz CT molecular complexity index is 538. The molecule has 0 aliphatic rings. The van der Waals surface area contributed by atoms with Gasteiger partial charge in [-0.15, -0.1) is 0 Å². The van der Waals surface area contributed by atoms with Gasteiger partial charge in [0.1, 0.15) is 5.75 Å². The van der Waals surface area contributed by atoms with Gasteiger partial charge in [0, 0.05) is 5.02 Å². The molecule has 0 aliphatic heterocycles. The van der Waals surface area contributed by atoms with Gasteiger partial charge < -0.3 is 4.74 Å². The number of nitrogens with zero attached hydrogens (tertiary/aromatic N) is 1. The third-order valence-electron chi connectivity index (χ3n) is 2.35. The molecular formula is C14H13ClN2O. The lowest BCUT2D eigenvalue weighted by Crippen LogP contribution is -1.91. The molecule has 2 rings (SSSR count). The summed E-state index contributed by atoms with van der Waals surface area (Å²) in [5, 5.41) is 4.85. The Hall–Kier alpha value is -2.00. The van der Waals surface area contributed by atoms with Crippen LogP contribution in [0.1, 0.15) is 5.56 Å². The number of methoxy groups -OCH3 is 1. The molecule has 4 heteroatoms. The molecule has 18 heavy (non-hydrogen) atoms. The first-order valence-electron chi connectivity index (χ1n) is 5.46. The Morgan fingerprint density at radius 1 is 1.17 bits per heavy atom. The van der Waals surface area contributed by atoms with Crippen molar-refractivity contribution in [1.82, 2.24) is 0 Å². The fourth-order valence-corrected chi connectivity index (χ4v) is 1.55. The number of hydrazone groups is 1. The standard InChI is InChI=1S/C14H13ClN2O/c1-18-14-4-2-3-11(9-14)10-16-17-13-7-5-12(15)6-8-13/h2-10,17H,1H3/b16-10+. The smallest absolute Gasteiger partial charge is 0.119 e. The summed E-state index contributed by atoms with van der Waals surface area (Å²) in [5.74, 6) is 0.811. The highest BCUT2D eigenvalue weighted by Crippen LogP contribution is 2.14. The summed E-state index contributed by atoms with van der Waals surface area (Å²) in [6.45, 7) is 0. The Morgan fingerprint density at radius 3 is 2.67 bits per heavy atom. The minimum atomic E-state index is 0.706. The molecule has 0 spiro atoms. The number of ether oxygens (including phenoxy) is 1. The first-order valence-corrected chi connectivity index (χ1v) is 5.84. The summed E-state index contributed by atoms with van der Waals surface area (Å²) < 4.78 is 5.14. The SMILES string of the molecule is COc1cccc(/C=N/Nc2ccc(Cl)cc2)c1. The highest BCUT2D eigenvalue weighted by atomic mass is 35.5. The molecule has 1 N–H and O–H groups in total. The molecule has 0 amide bonds. The van der Waals surface area contributed by atoms with E-state index in [2.05, 4.69) is 10.5 Å². The molecule has 0 bridgehead atoms. The minimum absolute atomic E-state index is 0.706. The topological polar surface area (TPSA) is 33.6 Å². The van der Waals surface area contributed by atoms with Crippen LogP contribution in [0.5, 0.6) is 5.75 Å². The van der Waals surface area contributed by atoms with Gasteiger partial charge in [0.2, 0.25) is 0 Å². The number of halogens is 1. The van der Waals surface area contributed by atoms with E-state index in [1.165, 1.54) is 0 Å². The molecule has 0 radical (unpaired) electrons. The molecule has 3 nitrogen and oxygen atoms in total. The molecule has 0 heterocycles. The van der Waals surface area contributed by atoms with Gasteiger partial charge in [0.25, 0.3) is 0 Å². The Morgan fingerprint density at radius 2 is 1.94 bits per heavy atom. The van der Waals surface area contributed by atoms with Crippen molar-refractivity contribution < 1.29 is 4.74 Å².